The molecule has 0 radical (unpaired) electrons. The van der Waals surface area contributed by atoms with Crippen molar-refractivity contribution >= 4 is 5.69 Å². The van der Waals surface area contributed by atoms with Crippen molar-refractivity contribution in [2.45, 2.75) is 25.3 Å². The maximum absolute atomic E-state index is 11.5. The second kappa shape index (κ2) is 6.83. The Hall–Kier alpha value is -2.34. The number of benzene rings is 1. The van der Waals surface area contributed by atoms with Gasteiger partial charge in [0.05, 0.1) is 6.54 Å². The highest BCUT2D eigenvalue weighted by molar-refractivity contribution is 5.57. The Bertz CT molecular complexity index is 753. The number of fused-ring (bicyclic) bond motifs is 1. The highest BCUT2D eigenvalue weighted by atomic mass is 16.5. The lowest BCUT2D eigenvalue weighted by Gasteiger charge is -2.35. The Morgan fingerprint density at radius 1 is 1.26 bits per heavy atom. The molecule has 3 rings (SSSR count). The molecule has 2 heterocycles. The van der Waals surface area contributed by atoms with Crippen molar-refractivity contribution in [2.75, 3.05) is 25.2 Å². The third-order valence-corrected chi connectivity index (χ3v) is 4.31. The van der Waals surface area contributed by atoms with E-state index in [1.165, 1.54) is 17.3 Å². The van der Waals surface area contributed by atoms with Crippen molar-refractivity contribution in [1.82, 2.24) is 9.97 Å². The molecule has 0 fully saturated rings. The molecule has 0 bridgehead atoms. The standard InChI is InChI=1S/C17H21N3O3/c1-23-9-7-12-6-8-20(15-5-3-2-4-14(12)15)11-13-10-16(21)19-17(22)18-13/h2-5,10,12H,6-9,11H2,1H3,(H2,18,19,21,22). The number of para-hydroxylation sites is 1. The Morgan fingerprint density at radius 2 is 2.09 bits per heavy atom. The summed E-state index contributed by atoms with van der Waals surface area (Å²) in [5, 5.41) is 0. The van der Waals surface area contributed by atoms with E-state index < -0.39 is 5.69 Å². The number of aromatic amines is 2. The van der Waals surface area contributed by atoms with E-state index in [4.69, 9.17) is 4.74 Å². The van der Waals surface area contributed by atoms with Gasteiger partial charge in [-0.15, -0.1) is 0 Å². The van der Waals surface area contributed by atoms with Crippen molar-refractivity contribution < 1.29 is 4.74 Å². The quantitative estimate of drug-likeness (QED) is 0.878. The minimum absolute atomic E-state index is 0.369. The van der Waals surface area contributed by atoms with Gasteiger partial charge in [-0.2, -0.15) is 0 Å². The first-order chi connectivity index (χ1) is 11.2. The van der Waals surface area contributed by atoms with Gasteiger partial charge in [0.2, 0.25) is 0 Å². The maximum atomic E-state index is 11.5. The van der Waals surface area contributed by atoms with Crippen LogP contribution in [0.1, 0.15) is 30.0 Å². The molecule has 1 unspecified atom stereocenters. The Labute approximate surface area is 134 Å². The van der Waals surface area contributed by atoms with Crippen LogP contribution in [-0.2, 0) is 11.3 Å². The summed E-state index contributed by atoms with van der Waals surface area (Å²) in [4.78, 5) is 30.0. The molecule has 0 saturated carbocycles. The number of hydrogen-bond acceptors (Lipinski definition) is 4. The number of nitrogens with zero attached hydrogens (tertiary/aromatic N) is 1. The molecule has 0 saturated heterocycles. The third kappa shape index (κ3) is 3.53. The fourth-order valence-corrected chi connectivity index (χ4v) is 3.24. The van der Waals surface area contributed by atoms with Crippen LogP contribution in [0, 0.1) is 0 Å². The van der Waals surface area contributed by atoms with E-state index in [2.05, 4.69) is 33.1 Å². The summed E-state index contributed by atoms with van der Waals surface area (Å²) in [6.07, 6.45) is 2.04. The van der Waals surface area contributed by atoms with Gasteiger partial charge in [0, 0.05) is 37.7 Å². The van der Waals surface area contributed by atoms with Crippen molar-refractivity contribution in [3.63, 3.8) is 0 Å². The van der Waals surface area contributed by atoms with Gasteiger partial charge < -0.3 is 14.6 Å². The molecule has 1 aromatic heterocycles. The molecular formula is C17H21N3O3. The van der Waals surface area contributed by atoms with Crippen LogP contribution >= 0.6 is 0 Å². The molecule has 6 nitrogen and oxygen atoms in total. The monoisotopic (exact) mass is 315 g/mol. The number of anilines is 1. The van der Waals surface area contributed by atoms with E-state index in [0.717, 1.165) is 26.0 Å². The minimum atomic E-state index is -0.462. The largest absolute Gasteiger partial charge is 0.385 e. The summed E-state index contributed by atoms with van der Waals surface area (Å²) in [5.41, 5.74) is 2.27. The third-order valence-electron chi connectivity index (χ3n) is 4.31. The molecule has 1 aromatic carbocycles. The van der Waals surface area contributed by atoms with Crippen LogP contribution in [0.3, 0.4) is 0 Å². The normalized spacial score (nSPS) is 17.1. The predicted octanol–water partition coefficient (Wildman–Crippen LogP) is 1.59. The first-order valence-electron chi connectivity index (χ1n) is 7.82. The fourth-order valence-electron chi connectivity index (χ4n) is 3.24. The molecule has 1 aliphatic rings. The van der Waals surface area contributed by atoms with E-state index in [-0.39, 0.29) is 5.56 Å². The lowest BCUT2D eigenvalue weighted by atomic mass is 9.87. The van der Waals surface area contributed by atoms with Gasteiger partial charge in [-0.3, -0.25) is 9.78 Å². The van der Waals surface area contributed by atoms with Crippen LogP contribution in [0.4, 0.5) is 5.69 Å². The molecule has 122 valence electrons. The van der Waals surface area contributed by atoms with Crippen molar-refractivity contribution in [3.8, 4) is 0 Å². The van der Waals surface area contributed by atoms with Crippen LogP contribution in [-0.4, -0.2) is 30.2 Å². The summed E-state index contributed by atoms with van der Waals surface area (Å²) < 4.78 is 5.22. The molecule has 1 aliphatic heterocycles. The van der Waals surface area contributed by atoms with Gasteiger partial charge in [-0.05, 0) is 30.4 Å². The molecule has 23 heavy (non-hydrogen) atoms. The number of nitrogens with one attached hydrogen (secondary N) is 2. The average Bonchev–Trinajstić information content (AvgIpc) is 2.53. The summed E-state index contributed by atoms with van der Waals surface area (Å²) in [6, 6.07) is 9.77. The molecule has 2 aromatic rings. The highest BCUT2D eigenvalue weighted by Crippen LogP contribution is 2.37. The number of H-pyrrole nitrogens is 2. The van der Waals surface area contributed by atoms with E-state index in [1.807, 2.05) is 6.07 Å². The minimum Gasteiger partial charge on any atom is -0.385 e. The molecule has 0 amide bonds. The van der Waals surface area contributed by atoms with E-state index in [1.54, 1.807) is 7.11 Å². The summed E-state index contributed by atoms with van der Waals surface area (Å²) in [7, 11) is 1.73. The lowest BCUT2D eigenvalue weighted by molar-refractivity contribution is 0.186. The summed E-state index contributed by atoms with van der Waals surface area (Å²) in [5.74, 6) is 0.487. The number of aromatic nitrogens is 2. The summed E-state index contributed by atoms with van der Waals surface area (Å²) in [6.45, 7) is 2.16. The molecular weight excluding hydrogens is 294 g/mol. The SMILES string of the molecule is COCCC1CCN(Cc2cc(=O)[nH]c(=O)[nH]2)c2ccccc21. The van der Waals surface area contributed by atoms with Gasteiger partial charge in [-0.25, -0.2) is 4.79 Å². The van der Waals surface area contributed by atoms with Crippen molar-refractivity contribution in [3.05, 3.63) is 62.4 Å². The number of methoxy groups -OCH3 is 1. The van der Waals surface area contributed by atoms with Crippen molar-refractivity contribution in [2.24, 2.45) is 0 Å². The first-order valence-corrected chi connectivity index (χ1v) is 7.82. The smallest absolute Gasteiger partial charge is 0.325 e. The number of ether oxygens (including phenoxy) is 1. The zero-order valence-corrected chi connectivity index (χ0v) is 13.2. The molecule has 0 spiro atoms. The van der Waals surface area contributed by atoms with Gasteiger partial charge in [-0.1, -0.05) is 18.2 Å². The number of rotatable bonds is 5. The Morgan fingerprint density at radius 3 is 2.87 bits per heavy atom. The van der Waals surface area contributed by atoms with Crippen LogP contribution in [0.25, 0.3) is 0 Å². The first kappa shape index (κ1) is 15.6. The van der Waals surface area contributed by atoms with E-state index >= 15 is 0 Å². The van der Waals surface area contributed by atoms with Gasteiger partial charge in [0.1, 0.15) is 0 Å². The van der Waals surface area contributed by atoms with Gasteiger partial charge >= 0.3 is 5.69 Å². The van der Waals surface area contributed by atoms with E-state index in [0.29, 0.717) is 18.2 Å². The van der Waals surface area contributed by atoms with Crippen LogP contribution in [0.5, 0.6) is 0 Å². The summed E-state index contributed by atoms with van der Waals surface area (Å²) >= 11 is 0. The number of hydrogen-bond donors (Lipinski definition) is 2. The second-order valence-electron chi connectivity index (χ2n) is 5.86. The van der Waals surface area contributed by atoms with E-state index in [9.17, 15) is 9.59 Å². The van der Waals surface area contributed by atoms with Crippen LogP contribution < -0.4 is 16.1 Å². The predicted molar refractivity (Wildman–Crippen MR) is 89.0 cm³/mol. The molecule has 6 heteroatoms. The van der Waals surface area contributed by atoms with Crippen LogP contribution in [0.2, 0.25) is 0 Å². The van der Waals surface area contributed by atoms with Gasteiger partial charge in [0.15, 0.2) is 0 Å². The molecule has 2 N–H and O–H groups in total. The van der Waals surface area contributed by atoms with Gasteiger partial charge in [0.25, 0.3) is 5.56 Å². The zero-order chi connectivity index (χ0) is 16.2. The topological polar surface area (TPSA) is 78.2 Å². The second-order valence-corrected chi connectivity index (χ2v) is 5.86. The maximum Gasteiger partial charge on any atom is 0.325 e. The molecule has 1 atom stereocenters. The Kier molecular flexibility index (Phi) is 4.62. The lowest BCUT2D eigenvalue weighted by Crippen LogP contribution is -2.33. The average molecular weight is 315 g/mol. The Balaban J connectivity index is 1.86. The zero-order valence-electron chi connectivity index (χ0n) is 13.2. The molecule has 0 aliphatic carbocycles. The highest BCUT2D eigenvalue weighted by Gasteiger charge is 2.24. The van der Waals surface area contributed by atoms with Crippen molar-refractivity contribution in [1.29, 1.82) is 0 Å². The fraction of sp³-hybridized carbons (Fsp3) is 0.412. The van der Waals surface area contributed by atoms with Crippen LogP contribution in [0.15, 0.2) is 39.9 Å².